The number of nitrogens with zero attached hydrogens (tertiary/aromatic N) is 3. The highest BCUT2D eigenvalue weighted by molar-refractivity contribution is 6.04. The number of aryl methyl sites for hydroxylation is 1. The molecule has 0 atom stereocenters. The number of hydrogen-bond acceptors (Lipinski definition) is 4. The molecule has 3 aromatic rings. The predicted octanol–water partition coefficient (Wildman–Crippen LogP) is 3.56. The predicted molar refractivity (Wildman–Crippen MR) is 97.7 cm³/mol. The molecule has 1 aliphatic rings. The first kappa shape index (κ1) is 19.6. The van der Waals surface area contributed by atoms with Crippen molar-refractivity contribution in [3.8, 4) is 5.69 Å². The van der Waals surface area contributed by atoms with Crippen molar-refractivity contribution in [3.63, 3.8) is 0 Å². The first-order valence-corrected chi connectivity index (χ1v) is 8.75. The maximum atomic E-state index is 13.7. The zero-order valence-corrected chi connectivity index (χ0v) is 15.1. The van der Waals surface area contributed by atoms with Crippen molar-refractivity contribution in [1.82, 2.24) is 15.0 Å². The average molecular weight is 419 g/mol. The van der Waals surface area contributed by atoms with Crippen molar-refractivity contribution in [2.45, 2.75) is 19.0 Å². The zero-order chi connectivity index (χ0) is 21.5. The van der Waals surface area contributed by atoms with Crippen LogP contribution < -0.4 is 10.6 Å². The third-order valence-electron chi connectivity index (χ3n) is 4.48. The van der Waals surface area contributed by atoms with Gasteiger partial charge in [0.05, 0.1) is 5.69 Å². The monoisotopic (exact) mass is 419 g/mol. The second-order valence-corrected chi connectivity index (χ2v) is 6.55. The minimum absolute atomic E-state index is 0.0974. The van der Waals surface area contributed by atoms with Crippen LogP contribution in [0, 0.1) is 5.82 Å². The molecule has 2 heterocycles. The fourth-order valence-electron chi connectivity index (χ4n) is 3.10. The molecule has 0 unspecified atom stereocenters. The summed E-state index contributed by atoms with van der Waals surface area (Å²) in [6.45, 7) is 0. The third kappa shape index (κ3) is 3.73. The number of benzene rings is 2. The molecule has 2 N–H and O–H groups in total. The summed E-state index contributed by atoms with van der Waals surface area (Å²) in [6, 6.07) is 8.73. The second-order valence-electron chi connectivity index (χ2n) is 6.55. The number of aromatic nitrogens is 3. The molecular weight excluding hydrogens is 406 g/mol. The van der Waals surface area contributed by atoms with Crippen molar-refractivity contribution in [1.29, 1.82) is 0 Å². The standard InChI is InChI=1S/C19H13F4N5O2/c20-11-2-5-13(6-3-11)28-17(19(21,22)23)16(26-27-28)18(30)24-12-4-7-14-10(9-12)1-8-15(29)25-14/h2-7,9H,1,8H2,(H,24,30)(H,25,29). The lowest BCUT2D eigenvalue weighted by Gasteiger charge is -2.17. The number of anilines is 2. The number of fused-ring (bicyclic) bond motifs is 1. The van der Waals surface area contributed by atoms with Crippen LogP contribution in [0.25, 0.3) is 5.69 Å². The normalized spacial score (nSPS) is 13.5. The van der Waals surface area contributed by atoms with Gasteiger partial charge in [0.2, 0.25) is 5.91 Å². The highest BCUT2D eigenvalue weighted by atomic mass is 19.4. The molecule has 0 radical (unpaired) electrons. The van der Waals surface area contributed by atoms with Crippen molar-refractivity contribution in [3.05, 3.63) is 65.2 Å². The van der Waals surface area contributed by atoms with Crippen LogP contribution in [-0.4, -0.2) is 26.8 Å². The van der Waals surface area contributed by atoms with E-state index in [1.807, 2.05) is 0 Å². The van der Waals surface area contributed by atoms with E-state index in [2.05, 4.69) is 20.9 Å². The Kier molecular flexibility index (Phi) is 4.72. The second kappa shape index (κ2) is 7.25. The van der Waals surface area contributed by atoms with Gasteiger partial charge >= 0.3 is 6.18 Å². The number of amides is 2. The number of rotatable bonds is 3. The molecule has 1 aromatic heterocycles. The third-order valence-corrected chi connectivity index (χ3v) is 4.48. The lowest BCUT2D eigenvalue weighted by atomic mass is 10.0. The van der Waals surface area contributed by atoms with E-state index in [0.717, 1.165) is 29.8 Å². The van der Waals surface area contributed by atoms with Gasteiger partial charge < -0.3 is 10.6 Å². The molecular formula is C19H13F4N5O2. The molecule has 2 amide bonds. The summed E-state index contributed by atoms with van der Waals surface area (Å²) in [5.74, 6) is -1.86. The van der Waals surface area contributed by atoms with Crippen LogP contribution in [-0.2, 0) is 17.4 Å². The van der Waals surface area contributed by atoms with Crippen LogP contribution in [0.1, 0.15) is 28.2 Å². The van der Waals surface area contributed by atoms with Crippen molar-refractivity contribution >= 4 is 23.2 Å². The summed E-state index contributed by atoms with van der Waals surface area (Å²) in [5, 5.41) is 11.9. The van der Waals surface area contributed by atoms with E-state index in [1.54, 1.807) is 12.1 Å². The topological polar surface area (TPSA) is 88.9 Å². The Labute approximate surface area is 166 Å². The molecule has 0 saturated heterocycles. The van der Waals surface area contributed by atoms with Gasteiger partial charge in [-0.25, -0.2) is 9.07 Å². The van der Waals surface area contributed by atoms with Gasteiger partial charge in [0.1, 0.15) is 5.82 Å². The molecule has 0 saturated carbocycles. The molecule has 4 rings (SSSR count). The van der Waals surface area contributed by atoms with Crippen LogP contribution in [0.2, 0.25) is 0 Å². The Hall–Kier alpha value is -3.76. The van der Waals surface area contributed by atoms with E-state index in [1.165, 1.54) is 6.07 Å². The van der Waals surface area contributed by atoms with Gasteiger partial charge in [0, 0.05) is 17.8 Å². The first-order valence-electron chi connectivity index (χ1n) is 8.75. The lowest BCUT2D eigenvalue weighted by Crippen LogP contribution is -2.22. The number of halogens is 4. The van der Waals surface area contributed by atoms with Gasteiger partial charge in [-0.15, -0.1) is 5.10 Å². The Bertz CT molecular complexity index is 1140. The summed E-state index contributed by atoms with van der Waals surface area (Å²) in [5.41, 5.74) is -0.810. The first-order chi connectivity index (χ1) is 14.2. The van der Waals surface area contributed by atoms with Gasteiger partial charge in [0.25, 0.3) is 5.91 Å². The molecule has 0 aliphatic carbocycles. The minimum Gasteiger partial charge on any atom is -0.326 e. The van der Waals surface area contributed by atoms with Gasteiger partial charge in [-0.1, -0.05) is 5.21 Å². The van der Waals surface area contributed by atoms with Gasteiger partial charge in [-0.3, -0.25) is 9.59 Å². The van der Waals surface area contributed by atoms with E-state index >= 15 is 0 Å². The number of carbonyl (C=O) groups excluding carboxylic acids is 2. The summed E-state index contributed by atoms with van der Waals surface area (Å²) in [6.07, 6.45) is -4.22. The highest BCUT2D eigenvalue weighted by Crippen LogP contribution is 2.33. The van der Waals surface area contributed by atoms with Crippen molar-refractivity contribution in [2.24, 2.45) is 0 Å². The van der Waals surface area contributed by atoms with Crippen molar-refractivity contribution in [2.75, 3.05) is 10.6 Å². The summed E-state index contributed by atoms with van der Waals surface area (Å²) >= 11 is 0. The van der Waals surface area contributed by atoms with Crippen molar-refractivity contribution < 1.29 is 27.2 Å². The molecule has 30 heavy (non-hydrogen) atoms. The quantitative estimate of drug-likeness (QED) is 0.636. The van der Waals surface area contributed by atoms with Crippen LogP contribution in [0.4, 0.5) is 28.9 Å². The van der Waals surface area contributed by atoms with Crippen LogP contribution in [0.3, 0.4) is 0 Å². The summed E-state index contributed by atoms with van der Waals surface area (Å²) in [4.78, 5) is 24.0. The van der Waals surface area contributed by atoms with Gasteiger partial charge in [-0.2, -0.15) is 13.2 Å². The maximum Gasteiger partial charge on any atom is 0.435 e. The average Bonchev–Trinajstić information content (AvgIpc) is 3.14. The molecule has 1 aliphatic heterocycles. The maximum absolute atomic E-state index is 13.7. The fourth-order valence-corrected chi connectivity index (χ4v) is 3.10. The largest absolute Gasteiger partial charge is 0.435 e. The molecule has 0 spiro atoms. The lowest BCUT2D eigenvalue weighted by molar-refractivity contribution is -0.143. The Morgan fingerprint density at radius 1 is 1.10 bits per heavy atom. The van der Waals surface area contributed by atoms with E-state index in [4.69, 9.17) is 0 Å². The number of hydrogen-bond donors (Lipinski definition) is 2. The molecule has 0 bridgehead atoms. The molecule has 7 nitrogen and oxygen atoms in total. The molecule has 0 fully saturated rings. The van der Waals surface area contributed by atoms with E-state index in [9.17, 15) is 27.2 Å². The highest BCUT2D eigenvalue weighted by Gasteiger charge is 2.42. The summed E-state index contributed by atoms with van der Waals surface area (Å²) in [7, 11) is 0. The van der Waals surface area contributed by atoms with Gasteiger partial charge in [-0.05, 0) is 54.4 Å². The molecule has 154 valence electrons. The minimum atomic E-state index is -4.94. The Morgan fingerprint density at radius 3 is 2.53 bits per heavy atom. The molecule has 2 aromatic carbocycles. The molecule has 11 heteroatoms. The number of carbonyl (C=O) groups is 2. The zero-order valence-electron chi connectivity index (χ0n) is 15.1. The van der Waals surface area contributed by atoms with Gasteiger partial charge in [0.15, 0.2) is 11.4 Å². The van der Waals surface area contributed by atoms with E-state index in [0.29, 0.717) is 16.8 Å². The van der Waals surface area contributed by atoms with Crippen LogP contribution >= 0.6 is 0 Å². The van der Waals surface area contributed by atoms with Crippen LogP contribution in [0.15, 0.2) is 42.5 Å². The Balaban J connectivity index is 1.66. The van der Waals surface area contributed by atoms with Crippen LogP contribution in [0.5, 0.6) is 0 Å². The van der Waals surface area contributed by atoms with E-state index < -0.39 is 29.3 Å². The van der Waals surface area contributed by atoms with E-state index in [-0.39, 0.29) is 23.7 Å². The summed E-state index contributed by atoms with van der Waals surface area (Å²) < 4.78 is 54.6. The Morgan fingerprint density at radius 2 is 1.83 bits per heavy atom. The fraction of sp³-hybridized carbons (Fsp3) is 0.158. The smallest absolute Gasteiger partial charge is 0.326 e. The SMILES string of the molecule is O=C1CCc2cc(NC(=O)c3nnn(-c4ccc(F)cc4)c3C(F)(F)F)ccc2N1. The number of nitrogens with one attached hydrogen (secondary N) is 2. The number of alkyl halides is 3.